The number of alkyl halides is 1. The van der Waals surface area contributed by atoms with Crippen LogP contribution in [-0.2, 0) is 13.8 Å². The number of aliphatic hydroxyl groups excluding tert-OH is 1. The van der Waals surface area contributed by atoms with E-state index in [1.165, 1.54) is 10.9 Å². The van der Waals surface area contributed by atoms with E-state index in [2.05, 4.69) is 15.0 Å². The summed E-state index contributed by atoms with van der Waals surface area (Å²) in [5, 5.41) is 10.6. The third-order valence-electron chi connectivity index (χ3n) is 4.69. The Bertz CT molecular complexity index is 1110. The van der Waals surface area contributed by atoms with Crippen molar-refractivity contribution in [3.63, 3.8) is 0 Å². The number of benzene rings is 1. The lowest BCUT2D eigenvalue weighted by Gasteiger charge is -2.17. The lowest BCUT2D eigenvalue weighted by atomic mass is 10.0. The predicted molar refractivity (Wildman–Crippen MR) is 103 cm³/mol. The average Bonchev–Trinajstić information content (AvgIpc) is 3.27. The second kappa shape index (κ2) is 8.44. The first-order valence-electron chi connectivity index (χ1n) is 8.93. The number of H-pyrrole nitrogens is 1. The summed E-state index contributed by atoms with van der Waals surface area (Å²) in [6, 6.07) is 8.41. The normalized spacial score (nSPS) is 24.3. The molecule has 0 bridgehead atoms. The number of halogens is 1. The molecular formula is C17H18FN5O6P+. The molecule has 1 fully saturated rings. The van der Waals surface area contributed by atoms with Crippen molar-refractivity contribution in [2.24, 2.45) is 5.92 Å². The molecule has 158 valence electrons. The van der Waals surface area contributed by atoms with Crippen molar-refractivity contribution in [2.45, 2.75) is 18.4 Å². The molecule has 4 rings (SSSR count). The number of imidazole rings is 1. The van der Waals surface area contributed by atoms with Crippen LogP contribution in [0.1, 0.15) is 6.23 Å². The van der Waals surface area contributed by atoms with Crippen LogP contribution in [0.5, 0.6) is 5.75 Å². The van der Waals surface area contributed by atoms with Crippen molar-refractivity contribution in [1.82, 2.24) is 19.5 Å². The Morgan fingerprint density at radius 3 is 2.87 bits per heavy atom. The number of nitrogens with two attached hydrogens (primary N) is 1. The van der Waals surface area contributed by atoms with Gasteiger partial charge in [-0.05, 0) is 12.1 Å². The molecule has 0 saturated carbocycles. The molecule has 1 saturated heterocycles. The quantitative estimate of drug-likeness (QED) is 0.463. The SMILES string of the molecule is Nc1nc2c(ncn2[C@@H]2O[C@H](CO[P+](=O)Oc3ccccc3)[C@@H](CF)[C@H]2O)c(=O)[nH]1. The summed E-state index contributed by atoms with van der Waals surface area (Å²) in [4.78, 5) is 22.2. The van der Waals surface area contributed by atoms with E-state index in [1.807, 2.05) is 0 Å². The van der Waals surface area contributed by atoms with E-state index in [4.69, 9.17) is 19.5 Å². The van der Waals surface area contributed by atoms with Crippen molar-refractivity contribution in [2.75, 3.05) is 19.0 Å². The largest absolute Gasteiger partial charge is 0.750 e. The van der Waals surface area contributed by atoms with Crippen molar-refractivity contribution in [1.29, 1.82) is 0 Å². The maximum absolute atomic E-state index is 13.6. The molecule has 4 N–H and O–H groups in total. The Labute approximate surface area is 169 Å². The number of rotatable bonds is 7. The fourth-order valence-electron chi connectivity index (χ4n) is 3.23. The number of hydrogen-bond donors (Lipinski definition) is 3. The molecule has 1 unspecified atom stereocenters. The second-order valence-electron chi connectivity index (χ2n) is 6.57. The Kier molecular flexibility index (Phi) is 5.73. The number of hydrogen-bond acceptors (Lipinski definition) is 9. The van der Waals surface area contributed by atoms with Crippen molar-refractivity contribution < 1.29 is 27.8 Å². The molecule has 3 aromatic rings. The lowest BCUT2D eigenvalue weighted by molar-refractivity contribution is -0.0463. The summed E-state index contributed by atoms with van der Waals surface area (Å²) < 4.78 is 43.0. The number of nitrogen functional groups attached to an aromatic ring is 1. The number of nitrogens with one attached hydrogen (secondary N) is 1. The van der Waals surface area contributed by atoms with Gasteiger partial charge in [0, 0.05) is 10.5 Å². The molecule has 0 spiro atoms. The van der Waals surface area contributed by atoms with Crippen LogP contribution in [0.2, 0.25) is 0 Å². The van der Waals surface area contributed by atoms with Gasteiger partial charge in [-0.15, -0.1) is 4.52 Å². The number of aliphatic hydroxyl groups is 1. The molecule has 11 nitrogen and oxygen atoms in total. The van der Waals surface area contributed by atoms with Crippen LogP contribution in [0, 0.1) is 5.92 Å². The van der Waals surface area contributed by atoms with Crippen LogP contribution < -0.4 is 15.8 Å². The van der Waals surface area contributed by atoms with E-state index in [0.717, 1.165) is 0 Å². The van der Waals surface area contributed by atoms with Crippen LogP contribution >= 0.6 is 8.25 Å². The van der Waals surface area contributed by atoms with Gasteiger partial charge in [0.25, 0.3) is 5.56 Å². The predicted octanol–water partition coefficient (Wildman–Crippen LogP) is 1.30. The van der Waals surface area contributed by atoms with Crippen LogP contribution in [0.15, 0.2) is 41.5 Å². The summed E-state index contributed by atoms with van der Waals surface area (Å²) in [5.74, 6) is -0.754. The van der Waals surface area contributed by atoms with Gasteiger partial charge in [-0.25, -0.2) is 9.51 Å². The summed E-state index contributed by atoms with van der Waals surface area (Å²) in [6.07, 6.45) is -2.06. The maximum atomic E-state index is 13.6. The van der Waals surface area contributed by atoms with Gasteiger partial charge in [0.15, 0.2) is 23.1 Å². The summed E-state index contributed by atoms with van der Waals surface area (Å²) in [5.41, 5.74) is 5.10. The molecule has 1 aliphatic rings. The van der Waals surface area contributed by atoms with Gasteiger partial charge in [-0.2, -0.15) is 4.98 Å². The fraction of sp³-hybridized carbons (Fsp3) is 0.353. The number of anilines is 1. The van der Waals surface area contributed by atoms with E-state index >= 15 is 0 Å². The topological polar surface area (TPSA) is 155 Å². The first-order chi connectivity index (χ1) is 14.5. The van der Waals surface area contributed by atoms with Crippen molar-refractivity contribution >= 4 is 25.4 Å². The molecular weight excluding hydrogens is 420 g/mol. The molecule has 0 aliphatic carbocycles. The Balaban J connectivity index is 1.49. The van der Waals surface area contributed by atoms with Gasteiger partial charge < -0.3 is 15.6 Å². The molecule has 30 heavy (non-hydrogen) atoms. The first-order valence-corrected chi connectivity index (χ1v) is 10.0. The van der Waals surface area contributed by atoms with Crippen LogP contribution in [0.25, 0.3) is 11.2 Å². The van der Waals surface area contributed by atoms with E-state index in [1.54, 1.807) is 30.3 Å². The van der Waals surface area contributed by atoms with Gasteiger partial charge in [-0.1, -0.05) is 18.2 Å². The monoisotopic (exact) mass is 438 g/mol. The van der Waals surface area contributed by atoms with Gasteiger partial charge in [0.05, 0.1) is 19.1 Å². The summed E-state index contributed by atoms with van der Waals surface area (Å²) >= 11 is 0. The first kappa shape index (κ1) is 20.4. The van der Waals surface area contributed by atoms with E-state index < -0.39 is 44.8 Å². The highest BCUT2D eigenvalue weighted by Gasteiger charge is 2.46. The highest BCUT2D eigenvalue weighted by molar-refractivity contribution is 7.33. The van der Waals surface area contributed by atoms with E-state index in [9.17, 15) is 18.9 Å². The van der Waals surface area contributed by atoms with Crippen LogP contribution in [0.3, 0.4) is 0 Å². The third kappa shape index (κ3) is 3.90. The highest BCUT2D eigenvalue weighted by Crippen LogP contribution is 2.37. The smallest absolute Gasteiger partial charge is 0.388 e. The van der Waals surface area contributed by atoms with Gasteiger partial charge in [0.1, 0.15) is 12.7 Å². The fourth-order valence-corrected chi connectivity index (χ4v) is 3.85. The zero-order valence-corrected chi connectivity index (χ0v) is 16.3. The average molecular weight is 438 g/mol. The van der Waals surface area contributed by atoms with E-state index in [-0.39, 0.29) is 23.7 Å². The molecule has 2 aromatic heterocycles. The van der Waals surface area contributed by atoms with Crippen molar-refractivity contribution in [3.8, 4) is 5.75 Å². The second-order valence-corrected chi connectivity index (χ2v) is 7.46. The van der Waals surface area contributed by atoms with Crippen molar-refractivity contribution in [3.05, 3.63) is 47.0 Å². The Morgan fingerprint density at radius 1 is 1.37 bits per heavy atom. The highest BCUT2D eigenvalue weighted by atomic mass is 31.1. The maximum Gasteiger partial charge on any atom is 0.750 e. The Morgan fingerprint density at radius 2 is 2.13 bits per heavy atom. The minimum absolute atomic E-state index is 0.00385. The third-order valence-corrected chi connectivity index (χ3v) is 5.41. The molecule has 1 aromatic carbocycles. The zero-order chi connectivity index (χ0) is 21.3. The zero-order valence-electron chi connectivity index (χ0n) is 15.4. The van der Waals surface area contributed by atoms with Gasteiger partial charge in [0.2, 0.25) is 5.95 Å². The standard InChI is InChI=1S/C17H17FN5O6P/c18-6-10-11(7-27-30(26)29-9-4-2-1-3-5-9)28-16(13(10)24)23-8-20-12-14(23)21-17(19)22-15(12)25/h1-5,8,10-11,13,16,24H,6-7H2,(H2-,19,21,22,25)/p+1/t10-,11-,13-,16-/m1/s1. The molecule has 0 amide bonds. The molecule has 13 heteroatoms. The van der Waals surface area contributed by atoms with E-state index in [0.29, 0.717) is 5.75 Å². The number of nitrogens with zero attached hydrogens (tertiary/aromatic N) is 3. The van der Waals surface area contributed by atoms with Crippen LogP contribution in [-0.4, -0.2) is 50.1 Å². The van der Waals surface area contributed by atoms with Gasteiger partial charge >= 0.3 is 8.25 Å². The summed E-state index contributed by atoms with van der Waals surface area (Å²) in [7, 11) is -2.54. The molecule has 5 atom stereocenters. The minimum Gasteiger partial charge on any atom is -0.388 e. The number of fused-ring (bicyclic) bond motifs is 1. The minimum atomic E-state index is -2.54. The lowest BCUT2D eigenvalue weighted by Crippen LogP contribution is -2.30. The summed E-state index contributed by atoms with van der Waals surface area (Å²) in [6.45, 7) is -1.20. The molecule has 3 heterocycles. The number of aromatic amines is 1. The van der Waals surface area contributed by atoms with Crippen LogP contribution in [0.4, 0.5) is 10.3 Å². The molecule has 0 radical (unpaired) electrons. The number of para-hydroxylation sites is 1. The molecule has 1 aliphatic heterocycles. The number of aromatic nitrogens is 4. The van der Waals surface area contributed by atoms with Gasteiger partial charge in [-0.3, -0.25) is 18.7 Å². The Hall–Kier alpha value is -2.92. The number of ether oxygens (including phenoxy) is 1.